The number of methoxy groups -OCH3 is 1. The molecule has 3 unspecified atom stereocenters. The number of fused-ring (bicyclic) bond motifs is 2. The molecule has 5 atom stereocenters. The lowest BCUT2D eigenvalue weighted by Crippen LogP contribution is -2.56. The maximum atomic E-state index is 13.7. The Labute approximate surface area is 240 Å². The number of ether oxygens (including phenoxy) is 1. The van der Waals surface area contributed by atoms with E-state index in [1.807, 2.05) is 0 Å². The zero-order valence-corrected chi connectivity index (χ0v) is 23.8. The minimum atomic E-state index is -4.05. The van der Waals surface area contributed by atoms with Crippen LogP contribution in [0.15, 0.2) is 41.3 Å². The Balaban J connectivity index is 1.47. The molecule has 3 amide bonds. The van der Waals surface area contributed by atoms with Gasteiger partial charge in [-0.05, 0) is 74.8 Å². The Morgan fingerprint density at radius 1 is 1.10 bits per heavy atom. The first-order valence-electron chi connectivity index (χ1n) is 12.9. The van der Waals surface area contributed by atoms with Crippen molar-refractivity contribution >= 4 is 45.0 Å². The van der Waals surface area contributed by atoms with Gasteiger partial charge in [0.15, 0.2) is 21.5 Å². The molecule has 222 valence electrons. The van der Waals surface area contributed by atoms with Crippen LogP contribution >= 0.6 is 11.6 Å². The number of amides is 3. The standard InChI is InChI=1S/C27H30ClF2N3O7S/c1-14(32-26(36)40-2)24(34)31-13-27(37)16-4-5-17(27)11-19(10-16)41(38,39)23-9-15(3-7-20(23)28)25(35)33-18-6-8-21(29)22(30)12-18/h3,6-9,12,14,16-17,19,37H,4-5,10-11,13H2,1-2H3,(H,31,34)(H,32,36)(H,33,35)/t14-,16-,17?,19?,27?/m0/s1. The van der Waals surface area contributed by atoms with Crippen LogP contribution in [-0.2, 0) is 19.4 Å². The van der Waals surface area contributed by atoms with Gasteiger partial charge in [-0.1, -0.05) is 11.6 Å². The molecule has 4 N–H and O–H groups in total. The molecule has 2 aromatic rings. The van der Waals surface area contributed by atoms with E-state index in [9.17, 15) is 36.7 Å². The fourth-order valence-corrected chi connectivity index (χ4v) is 8.06. The van der Waals surface area contributed by atoms with Crippen LogP contribution in [0.2, 0.25) is 5.02 Å². The highest BCUT2D eigenvalue weighted by atomic mass is 35.5. The smallest absolute Gasteiger partial charge is 0.407 e. The summed E-state index contributed by atoms with van der Waals surface area (Å²) in [6.45, 7) is 1.35. The molecule has 10 nitrogen and oxygen atoms in total. The van der Waals surface area contributed by atoms with Gasteiger partial charge >= 0.3 is 6.09 Å². The first-order valence-corrected chi connectivity index (χ1v) is 14.8. The summed E-state index contributed by atoms with van der Waals surface area (Å²) in [6, 6.07) is 5.66. The lowest BCUT2D eigenvalue weighted by atomic mass is 9.74. The third-order valence-corrected chi connectivity index (χ3v) is 10.6. The Hall–Kier alpha value is -3.29. The molecule has 2 fully saturated rings. The van der Waals surface area contributed by atoms with E-state index < -0.39 is 68.1 Å². The van der Waals surface area contributed by atoms with E-state index in [2.05, 4.69) is 20.7 Å². The van der Waals surface area contributed by atoms with Crippen molar-refractivity contribution in [3.8, 4) is 0 Å². The summed E-state index contributed by atoms with van der Waals surface area (Å²) in [5.41, 5.74) is -1.40. The summed E-state index contributed by atoms with van der Waals surface area (Å²) in [7, 11) is -2.88. The lowest BCUT2D eigenvalue weighted by Gasteiger charge is -2.42. The largest absolute Gasteiger partial charge is 0.453 e. The van der Waals surface area contributed by atoms with E-state index in [0.717, 1.165) is 18.2 Å². The number of aliphatic hydroxyl groups is 1. The number of sulfone groups is 1. The third kappa shape index (κ3) is 6.31. The Bertz CT molecular complexity index is 1460. The predicted molar refractivity (Wildman–Crippen MR) is 145 cm³/mol. The Morgan fingerprint density at radius 2 is 1.76 bits per heavy atom. The summed E-state index contributed by atoms with van der Waals surface area (Å²) in [6.07, 6.45) is 0.569. The van der Waals surface area contributed by atoms with E-state index in [0.29, 0.717) is 12.8 Å². The number of carbonyl (C=O) groups is 3. The van der Waals surface area contributed by atoms with Crippen molar-refractivity contribution < 1.29 is 41.4 Å². The summed E-state index contributed by atoms with van der Waals surface area (Å²) in [5, 5.41) is 17.9. The molecular formula is C27H30ClF2N3O7S. The quantitative estimate of drug-likeness (QED) is 0.356. The van der Waals surface area contributed by atoms with E-state index >= 15 is 0 Å². The van der Waals surface area contributed by atoms with Crippen molar-refractivity contribution in [3.05, 3.63) is 58.6 Å². The second kappa shape index (κ2) is 11.9. The summed E-state index contributed by atoms with van der Waals surface area (Å²) >= 11 is 6.27. The van der Waals surface area contributed by atoms with Crippen LogP contribution < -0.4 is 16.0 Å². The van der Waals surface area contributed by atoms with E-state index in [4.69, 9.17) is 11.6 Å². The van der Waals surface area contributed by atoms with Crippen LogP contribution in [0.3, 0.4) is 0 Å². The van der Waals surface area contributed by atoms with E-state index in [1.165, 1.54) is 32.2 Å². The van der Waals surface area contributed by atoms with Crippen molar-refractivity contribution in [1.82, 2.24) is 10.6 Å². The molecule has 0 radical (unpaired) electrons. The summed E-state index contributed by atoms with van der Waals surface area (Å²) < 4.78 is 58.7. The molecule has 4 rings (SSSR count). The third-order valence-electron chi connectivity index (χ3n) is 7.95. The van der Waals surface area contributed by atoms with Gasteiger partial charge in [-0.15, -0.1) is 0 Å². The fourth-order valence-electron chi connectivity index (χ4n) is 5.65. The predicted octanol–water partition coefficient (Wildman–Crippen LogP) is 3.42. The number of hydrogen-bond donors (Lipinski definition) is 4. The van der Waals surface area contributed by atoms with Gasteiger partial charge in [-0.2, -0.15) is 0 Å². The van der Waals surface area contributed by atoms with Gasteiger partial charge < -0.3 is 25.8 Å². The number of nitrogens with one attached hydrogen (secondary N) is 3. The van der Waals surface area contributed by atoms with Crippen LogP contribution in [0, 0.1) is 23.5 Å². The van der Waals surface area contributed by atoms with Crippen LogP contribution in [0.25, 0.3) is 0 Å². The molecule has 2 aliphatic carbocycles. The number of rotatable bonds is 8. The second-order valence-corrected chi connectivity index (χ2v) is 13.0. The number of hydrogen-bond acceptors (Lipinski definition) is 7. The molecule has 0 heterocycles. The minimum Gasteiger partial charge on any atom is -0.453 e. The van der Waals surface area contributed by atoms with Crippen LogP contribution in [0.1, 0.15) is 43.0 Å². The molecule has 2 saturated carbocycles. The van der Waals surface area contributed by atoms with Gasteiger partial charge in [-0.25, -0.2) is 22.0 Å². The number of halogens is 3. The SMILES string of the molecule is COC(=O)N[C@@H](C)C(=O)NCC1(O)C2CC[C@H]1CC(S(=O)(=O)c1cc(C(=O)Nc3ccc(F)c(F)c3)ccc1Cl)C2. The molecule has 41 heavy (non-hydrogen) atoms. The van der Waals surface area contributed by atoms with Gasteiger partial charge in [0.25, 0.3) is 5.91 Å². The number of carbonyl (C=O) groups excluding carboxylic acids is 3. The molecule has 0 aromatic heterocycles. The molecule has 2 aromatic carbocycles. The lowest BCUT2D eigenvalue weighted by molar-refractivity contribution is -0.125. The molecule has 0 saturated heterocycles. The number of alkyl carbamates (subject to hydrolysis) is 1. The van der Waals surface area contributed by atoms with E-state index in [1.54, 1.807) is 0 Å². The molecule has 2 aliphatic rings. The molecule has 0 aliphatic heterocycles. The minimum absolute atomic E-state index is 0.0149. The highest BCUT2D eigenvalue weighted by Gasteiger charge is 2.55. The summed E-state index contributed by atoms with van der Waals surface area (Å²) in [5.74, 6) is -4.35. The topological polar surface area (TPSA) is 151 Å². The van der Waals surface area contributed by atoms with Crippen LogP contribution in [0.5, 0.6) is 0 Å². The Kier molecular flexibility index (Phi) is 8.90. The van der Waals surface area contributed by atoms with Gasteiger partial charge in [0.05, 0.1) is 27.9 Å². The highest BCUT2D eigenvalue weighted by Crippen LogP contribution is 2.52. The van der Waals surface area contributed by atoms with Crippen molar-refractivity contribution in [2.45, 2.75) is 54.4 Å². The summed E-state index contributed by atoms with van der Waals surface area (Å²) in [4.78, 5) is 36.3. The first kappa shape index (κ1) is 30.7. The molecule has 2 bridgehead atoms. The zero-order valence-electron chi connectivity index (χ0n) is 22.2. The maximum Gasteiger partial charge on any atom is 0.407 e. The maximum absolute atomic E-state index is 13.7. The molecular weight excluding hydrogens is 584 g/mol. The van der Waals surface area contributed by atoms with E-state index in [-0.39, 0.29) is 40.6 Å². The van der Waals surface area contributed by atoms with Gasteiger partial charge in [0.2, 0.25) is 5.91 Å². The second-order valence-electron chi connectivity index (χ2n) is 10.4. The molecule has 14 heteroatoms. The zero-order chi connectivity index (χ0) is 30.1. The van der Waals surface area contributed by atoms with Crippen molar-refractivity contribution in [1.29, 1.82) is 0 Å². The first-order chi connectivity index (χ1) is 19.3. The highest BCUT2D eigenvalue weighted by molar-refractivity contribution is 7.92. The van der Waals surface area contributed by atoms with Crippen LogP contribution in [0.4, 0.5) is 19.3 Å². The van der Waals surface area contributed by atoms with Crippen LogP contribution in [-0.4, -0.2) is 62.0 Å². The Morgan fingerprint density at radius 3 is 2.37 bits per heavy atom. The fraction of sp³-hybridized carbons (Fsp3) is 0.444. The van der Waals surface area contributed by atoms with Gasteiger partial charge in [0, 0.05) is 23.9 Å². The normalized spacial score (nSPS) is 24.3. The number of benzene rings is 2. The van der Waals surface area contributed by atoms with Crippen molar-refractivity contribution in [2.24, 2.45) is 11.8 Å². The average molecular weight is 614 g/mol. The molecule has 0 spiro atoms. The average Bonchev–Trinajstić information content (AvgIpc) is 3.08. The van der Waals surface area contributed by atoms with Crippen molar-refractivity contribution in [3.63, 3.8) is 0 Å². The monoisotopic (exact) mass is 613 g/mol. The van der Waals surface area contributed by atoms with Crippen molar-refractivity contribution in [2.75, 3.05) is 19.0 Å². The number of anilines is 1. The van der Waals surface area contributed by atoms with Gasteiger partial charge in [0.1, 0.15) is 6.04 Å². The van der Waals surface area contributed by atoms with Gasteiger partial charge in [-0.3, -0.25) is 9.59 Å².